The van der Waals surface area contributed by atoms with Gasteiger partial charge >= 0.3 is 0 Å². The van der Waals surface area contributed by atoms with Crippen LogP contribution in [0, 0.1) is 11.7 Å². The largest absolute Gasteiger partial charge is 0.330 e. The number of hydrogen-bond donors (Lipinski definition) is 2. The summed E-state index contributed by atoms with van der Waals surface area (Å²) in [7, 11) is 0. The lowest BCUT2D eigenvalue weighted by Gasteiger charge is -2.19. The molecule has 1 aromatic carbocycles. The van der Waals surface area contributed by atoms with Crippen molar-refractivity contribution in [2.45, 2.75) is 19.3 Å². The Balaban J connectivity index is 2.06. The van der Waals surface area contributed by atoms with Gasteiger partial charge < -0.3 is 5.73 Å². The van der Waals surface area contributed by atoms with Crippen molar-refractivity contribution in [1.29, 1.82) is 0 Å². The van der Waals surface area contributed by atoms with E-state index in [9.17, 15) is 4.39 Å². The fourth-order valence-corrected chi connectivity index (χ4v) is 2.07. The Bertz CT molecular complexity index is 468. The molecule has 6 heteroatoms. The van der Waals surface area contributed by atoms with Crippen molar-refractivity contribution in [3.8, 4) is 0 Å². The van der Waals surface area contributed by atoms with Crippen LogP contribution in [-0.4, -0.2) is 27.2 Å². The van der Waals surface area contributed by atoms with Gasteiger partial charge in [-0.1, -0.05) is 19.1 Å². The van der Waals surface area contributed by atoms with Crippen molar-refractivity contribution >= 4 is 0 Å². The average Bonchev–Trinajstić information content (AvgIpc) is 2.87. The highest BCUT2D eigenvalue weighted by atomic mass is 19.1. The molecule has 0 spiro atoms. The second-order valence-corrected chi connectivity index (χ2v) is 4.44. The first-order valence-corrected chi connectivity index (χ1v) is 5.89. The minimum absolute atomic E-state index is 0.0741. The first kappa shape index (κ1) is 12.6. The summed E-state index contributed by atoms with van der Waals surface area (Å²) in [5.74, 6) is 0.827. The van der Waals surface area contributed by atoms with Gasteiger partial charge in [-0.25, -0.2) is 9.49 Å². The van der Waals surface area contributed by atoms with E-state index < -0.39 is 0 Å². The van der Waals surface area contributed by atoms with Gasteiger partial charge in [-0.15, -0.1) is 5.10 Å². The van der Waals surface area contributed by atoms with Crippen LogP contribution in [0.2, 0.25) is 0 Å². The minimum atomic E-state index is -0.221. The first-order valence-electron chi connectivity index (χ1n) is 5.89. The van der Waals surface area contributed by atoms with Crippen molar-refractivity contribution in [2.24, 2.45) is 11.7 Å². The van der Waals surface area contributed by atoms with Crippen molar-refractivity contribution in [2.75, 3.05) is 6.54 Å². The molecule has 2 rings (SSSR count). The summed E-state index contributed by atoms with van der Waals surface area (Å²) in [5.41, 5.74) is 6.85. The standard InChI is InChI=1S/C12H16FN5/c1-8(6-9-2-4-10(13)5-3-9)11(7-14)12-15-17-18-16-12/h2-5,8,11H,6-7,14H2,1H3,(H,15,16,17,18). The normalized spacial score (nSPS) is 14.4. The fourth-order valence-electron chi connectivity index (χ4n) is 2.07. The van der Waals surface area contributed by atoms with Gasteiger partial charge in [0.25, 0.3) is 0 Å². The molecule has 1 heterocycles. The third-order valence-electron chi connectivity index (χ3n) is 3.12. The molecule has 0 saturated carbocycles. The molecule has 96 valence electrons. The van der Waals surface area contributed by atoms with Gasteiger partial charge in [0.1, 0.15) is 5.82 Å². The summed E-state index contributed by atoms with van der Waals surface area (Å²) in [4.78, 5) is 0. The summed E-state index contributed by atoms with van der Waals surface area (Å²) in [6, 6.07) is 6.51. The number of aromatic amines is 1. The zero-order valence-corrected chi connectivity index (χ0v) is 10.2. The molecule has 5 nitrogen and oxygen atoms in total. The number of halogens is 1. The summed E-state index contributed by atoms with van der Waals surface area (Å²) in [6.45, 7) is 2.56. The topological polar surface area (TPSA) is 80.5 Å². The highest BCUT2D eigenvalue weighted by Crippen LogP contribution is 2.23. The molecule has 0 bridgehead atoms. The third-order valence-corrected chi connectivity index (χ3v) is 3.12. The lowest BCUT2D eigenvalue weighted by molar-refractivity contribution is 0.444. The zero-order chi connectivity index (χ0) is 13.0. The fraction of sp³-hybridized carbons (Fsp3) is 0.417. The van der Waals surface area contributed by atoms with E-state index >= 15 is 0 Å². The average molecular weight is 249 g/mol. The molecule has 2 aromatic rings. The van der Waals surface area contributed by atoms with Gasteiger partial charge in [-0.2, -0.15) is 0 Å². The lowest BCUT2D eigenvalue weighted by Crippen LogP contribution is -2.22. The Morgan fingerprint density at radius 2 is 2.06 bits per heavy atom. The number of aromatic nitrogens is 4. The van der Waals surface area contributed by atoms with Crippen LogP contribution in [0.15, 0.2) is 24.3 Å². The highest BCUT2D eigenvalue weighted by molar-refractivity contribution is 5.17. The van der Waals surface area contributed by atoms with E-state index in [-0.39, 0.29) is 17.7 Å². The van der Waals surface area contributed by atoms with E-state index in [4.69, 9.17) is 5.73 Å². The van der Waals surface area contributed by atoms with Crippen LogP contribution in [0.4, 0.5) is 4.39 Å². The predicted molar refractivity (Wildman–Crippen MR) is 65.2 cm³/mol. The first-order chi connectivity index (χ1) is 8.70. The maximum absolute atomic E-state index is 12.8. The molecule has 3 N–H and O–H groups in total. The third kappa shape index (κ3) is 2.89. The van der Waals surface area contributed by atoms with E-state index in [2.05, 4.69) is 27.5 Å². The van der Waals surface area contributed by atoms with Crippen LogP contribution in [0.3, 0.4) is 0 Å². The molecule has 0 aliphatic rings. The van der Waals surface area contributed by atoms with Crippen LogP contribution < -0.4 is 5.73 Å². The zero-order valence-electron chi connectivity index (χ0n) is 10.2. The van der Waals surface area contributed by atoms with Gasteiger partial charge in [0.05, 0.1) is 0 Å². The molecule has 0 aliphatic heterocycles. The van der Waals surface area contributed by atoms with Crippen LogP contribution in [0.25, 0.3) is 0 Å². The van der Waals surface area contributed by atoms with Crippen LogP contribution in [0.5, 0.6) is 0 Å². The maximum Gasteiger partial charge on any atom is 0.153 e. The Labute approximate surface area is 105 Å². The van der Waals surface area contributed by atoms with E-state index in [1.807, 2.05) is 0 Å². The SMILES string of the molecule is CC(Cc1ccc(F)cc1)C(CN)c1nnn[nH]1. The lowest BCUT2D eigenvalue weighted by atomic mass is 9.88. The van der Waals surface area contributed by atoms with Gasteiger partial charge in [-0.05, 0) is 40.5 Å². The van der Waals surface area contributed by atoms with Gasteiger partial charge in [0, 0.05) is 12.5 Å². The van der Waals surface area contributed by atoms with E-state index in [0.717, 1.165) is 12.0 Å². The Kier molecular flexibility index (Phi) is 3.99. The smallest absolute Gasteiger partial charge is 0.153 e. The minimum Gasteiger partial charge on any atom is -0.330 e. The number of tetrazole rings is 1. The van der Waals surface area contributed by atoms with Gasteiger partial charge in [-0.3, -0.25) is 0 Å². The number of nitrogens with zero attached hydrogens (tertiary/aromatic N) is 3. The Hall–Kier alpha value is -1.82. The molecular weight excluding hydrogens is 233 g/mol. The highest BCUT2D eigenvalue weighted by Gasteiger charge is 2.21. The van der Waals surface area contributed by atoms with Crippen molar-refractivity contribution in [1.82, 2.24) is 20.6 Å². The van der Waals surface area contributed by atoms with E-state index in [1.165, 1.54) is 12.1 Å². The second kappa shape index (κ2) is 5.68. The van der Waals surface area contributed by atoms with Crippen LogP contribution in [-0.2, 0) is 6.42 Å². The molecule has 0 saturated heterocycles. The summed E-state index contributed by atoms with van der Waals surface area (Å²) < 4.78 is 12.8. The monoisotopic (exact) mass is 249 g/mol. The quantitative estimate of drug-likeness (QED) is 0.836. The molecule has 0 radical (unpaired) electrons. The molecule has 2 atom stereocenters. The number of rotatable bonds is 5. The molecular formula is C12H16FN5. The maximum atomic E-state index is 12.8. The van der Waals surface area contributed by atoms with Gasteiger partial charge in [0.2, 0.25) is 0 Å². The van der Waals surface area contributed by atoms with Crippen molar-refractivity contribution in [3.63, 3.8) is 0 Å². The molecule has 0 aliphatic carbocycles. The number of nitrogens with two attached hydrogens (primary N) is 1. The van der Waals surface area contributed by atoms with Crippen molar-refractivity contribution in [3.05, 3.63) is 41.5 Å². The summed E-state index contributed by atoms with van der Waals surface area (Å²) in [5, 5.41) is 13.8. The van der Waals surface area contributed by atoms with E-state index in [0.29, 0.717) is 12.4 Å². The second-order valence-electron chi connectivity index (χ2n) is 4.44. The molecule has 2 unspecified atom stereocenters. The Morgan fingerprint density at radius 3 is 2.61 bits per heavy atom. The molecule has 18 heavy (non-hydrogen) atoms. The van der Waals surface area contributed by atoms with Crippen LogP contribution >= 0.6 is 0 Å². The summed E-state index contributed by atoms with van der Waals surface area (Å²) in [6.07, 6.45) is 0.808. The predicted octanol–water partition coefficient (Wildman–Crippen LogP) is 1.26. The molecule has 0 amide bonds. The number of hydrogen-bond acceptors (Lipinski definition) is 4. The number of H-pyrrole nitrogens is 1. The summed E-state index contributed by atoms with van der Waals surface area (Å²) >= 11 is 0. The van der Waals surface area contributed by atoms with E-state index in [1.54, 1.807) is 12.1 Å². The van der Waals surface area contributed by atoms with Crippen LogP contribution in [0.1, 0.15) is 24.2 Å². The number of benzene rings is 1. The van der Waals surface area contributed by atoms with Crippen molar-refractivity contribution < 1.29 is 4.39 Å². The molecule has 1 aromatic heterocycles. The molecule has 0 fully saturated rings. The number of nitrogens with one attached hydrogen (secondary N) is 1. The Morgan fingerprint density at radius 1 is 1.33 bits per heavy atom. The van der Waals surface area contributed by atoms with Gasteiger partial charge in [0.15, 0.2) is 5.82 Å².